The van der Waals surface area contributed by atoms with Crippen LogP contribution in [0.15, 0.2) is 84.9 Å². The largest absolute Gasteiger partial charge is 0.489 e. The second-order valence-electron chi connectivity index (χ2n) is 9.74. The smallest absolute Gasteiger partial charge is 0.337 e. The van der Waals surface area contributed by atoms with Crippen molar-refractivity contribution in [3.63, 3.8) is 0 Å². The first-order valence-electron chi connectivity index (χ1n) is 13.0. The molecule has 5 nitrogen and oxygen atoms in total. The molecule has 0 N–H and O–H groups in total. The van der Waals surface area contributed by atoms with E-state index in [9.17, 15) is 4.79 Å². The number of carbonyl (C=O) groups excluding carboxylic acids is 1. The first-order valence-corrected chi connectivity index (χ1v) is 13.0. The van der Waals surface area contributed by atoms with E-state index >= 15 is 0 Å². The van der Waals surface area contributed by atoms with E-state index in [2.05, 4.69) is 59.2 Å². The van der Waals surface area contributed by atoms with Crippen LogP contribution in [-0.2, 0) is 11.3 Å². The van der Waals surface area contributed by atoms with Crippen LogP contribution in [0.1, 0.15) is 54.1 Å². The van der Waals surface area contributed by atoms with Gasteiger partial charge in [-0.3, -0.25) is 0 Å². The third kappa shape index (κ3) is 4.57. The fourth-order valence-corrected chi connectivity index (χ4v) is 5.54. The molecule has 1 aliphatic rings. The standard InChI is InChI=1S/C32H30N2O3/c1-36-32(35)24-16-19-30-29(20-24)33-31(34(30)26-11-3-2-4-12-26)23-14-17-27(18-15-23)37-21-25-10-7-9-22-8-5-6-13-28(22)25/h5-10,13-20,26H,2-4,11-12,21H2,1H3. The molecule has 0 amide bonds. The normalized spacial score (nSPS) is 14.2. The topological polar surface area (TPSA) is 53.4 Å². The van der Waals surface area contributed by atoms with E-state index in [4.69, 9.17) is 14.5 Å². The fraction of sp³-hybridized carbons (Fsp3) is 0.250. The first kappa shape index (κ1) is 23.3. The fourth-order valence-electron chi connectivity index (χ4n) is 5.54. The van der Waals surface area contributed by atoms with E-state index in [1.54, 1.807) is 0 Å². The number of methoxy groups -OCH3 is 1. The Labute approximate surface area is 216 Å². The molecule has 4 aromatic carbocycles. The van der Waals surface area contributed by atoms with Crippen LogP contribution >= 0.6 is 0 Å². The van der Waals surface area contributed by atoms with Crippen molar-refractivity contribution >= 4 is 27.8 Å². The summed E-state index contributed by atoms with van der Waals surface area (Å²) in [6.45, 7) is 0.511. The molecule has 5 heteroatoms. The van der Waals surface area contributed by atoms with Gasteiger partial charge in [0, 0.05) is 11.6 Å². The number of rotatable bonds is 6. The maximum absolute atomic E-state index is 12.1. The van der Waals surface area contributed by atoms with E-state index in [1.807, 2.05) is 30.3 Å². The van der Waals surface area contributed by atoms with Gasteiger partial charge in [0.15, 0.2) is 0 Å². The van der Waals surface area contributed by atoms with Crippen molar-refractivity contribution in [1.29, 1.82) is 0 Å². The quantitative estimate of drug-likeness (QED) is 0.229. The molecule has 6 rings (SSSR count). The van der Waals surface area contributed by atoms with Crippen LogP contribution in [0.4, 0.5) is 0 Å². The van der Waals surface area contributed by atoms with Gasteiger partial charge in [-0.1, -0.05) is 61.7 Å². The number of esters is 1. The Balaban J connectivity index is 1.31. The van der Waals surface area contributed by atoms with Crippen LogP contribution < -0.4 is 4.74 Å². The molecule has 1 saturated carbocycles. The second kappa shape index (κ2) is 10.1. The van der Waals surface area contributed by atoms with Gasteiger partial charge in [0.2, 0.25) is 0 Å². The minimum atomic E-state index is -0.344. The second-order valence-corrected chi connectivity index (χ2v) is 9.74. The molecule has 1 fully saturated rings. The predicted molar refractivity (Wildman–Crippen MR) is 147 cm³/mol. The van der Waals surface area contributed by atoms with Gasteiger partial charge >= 0.3 is 5.97 Å². The van der Waals surface area contributed by atoms with Gasteiger partial charge in [-0.15, -0.1) is 0 Å². The molecule has 0 saturated heterocycles. The number of ether oxygens (including phenoxy) is 2. The lowest BCUT2D eigenvalue weighted by molar-refractivity contribution is 0.0601. The molecule has 0 bridgehead atoms. The summed E-state index contributed by atoms with van der Waals surface area (Å²) in [6, 6.07) is 29.0. The zero-order valence-corrected chi connectivity index (χ0v) is 21.0. The summed E-state index contributed by atoms with van der Waals surface area (Å²) in [5.41, 5.74) is 4.61. The number of hydrogen-bond donors (Lipinski definition) is 0. The molecule has 1 heterocycles. The predicted octanol–water partition coefficient (Wildman–Crippen LogP) is 7.73. The molecule has 1 aliphatic carbocycles. The first-order chi connectivity index (χ1) is 18.2. The van der Waals surface area contributed by atoms with E-state index in [0.717, 1.165) is 41.0 Å². The van der Waals surface area contributed by atoms with Crippen molar-refractivity contribution in [2.24, 2.45) is 0 Å². The van der Waals surface area contributed by atoms with Crippen LogP contribution in [0.2, 0.25) is 0 Å². The number of imidazole rings is 1. The third-order valence-electron chi connectivity index (χ3n) is 7.44. The summed E-state index contributed by atoms with van der Waals surface area (Å²) in [6.07, 6.45) is 6.02. The number of aromatic nitrogens is 2. The summed E-state index contributed by atoms with van der Waals surface area (Å²) in [5.74, 6) is 1.41. The molecule has 186 valence electrons. The molecule has 5 aromatic rings. The number of nitrogens with zero attached hydrogens (tertiary/aromatic N) is 2. The number of fused-ring (bicyclic) bond motifs is 2. The average Bonchev–Trinajstić information content (AvgIpc) is 3.35. The van der Waals surface area contributed by atoms with Gasteiger partial charge in [0.1, 0.15) is 18.2 Å². The highest BCUT2D eigenvalue weighted by Crippen LogP contribution is 2.36. The molecule has 0 spiro atoms. The van der Waals surface area contributed by atoms with Crippen molar-refractivity contribution in [1.82, 2.24) is 9.55 Å². The molecular weight excluding hydrogens is 460 g/mol. The van der Waals surface area contributed by atoms with Gasteiger partial charge in [-0.2, -0.15) is 0 Å². The Bertz CT molecular complexity index is 1560. The molecule has 0 atom stereocenters. The van der Waals surface area contributed by atoms with Crippen LogP contribution in [0.3, 0.4) is 0 Å². The summed E-state index contributed by atoms with van der Waals surface area (Å²) in [7, 11) is 1.41. The Morgan fingerprint density at radius 2 is 1.70 bits per heavy atom. The van der Waals surface area contributed by atoms with Gasteiger partial charge in [0.25, 0.3) is 0 Å². The van der Waals surface area contributed by atoms with Crippen molar-refractivity contribution in [3.05, 3.63) is 96.1 Å². The summed E-state index contributed by atoms with van der Waals surface area (Å²) < 4.78 is 13.5. The zero-order valence-electron chi connectivity index (χ0n) is 21.0. The monoisotopic (exact) mass is 490 g/mol. The van der Waals surface area contributed by atoms with Gasteiger partial charge in [-0.05, 0) is 71.6 Å². The van der Waals surface area contributed by atoms with Crippen LogP contribution in [-0.4, -0.2) is 22.6 Å². The van der Waals surface area contributed by atoms with Gasteiger partial charge in [0.05, 0.1) is 23.7 Å². The Hall–Kier alpha value is -4.12. The third-order valence-corrected chi connectivity index (χ3v) is 7.44. The van der Waals surface area contributed by atoms with E-state index in [0.29, 0.717) is 18.2 Å². The molecule has 0 unspecified atom stereocenters. The van der Waals surface area contributed by atoms with Crippen molar-refractivity contribution in [2.45, 2.75) is 44.8 Å². The highest BCUT2D eigenvalue weighted by atomic mass is 16.5. The van der Waals surface area contributed by atoms with Crippen molar-refractivity contribution in [2.75, 3.05) is 7.11 Å². The molecule has 37 heavy (non-hydrogen) atoms. The minimum Gasteiger partial charge on any atom is -0.489 e. The number of carbonyl (C=O) groups is 1. The highest BCUT2D eigenvalue weighted by molar-refractivity contribution is 5.94. The minimum absolute atomic E-state index is 0.344. The summed E-state index contributed by atoms with van der Waals surface area (Å²) in [5, 5.41) is 2.44. The average molecular weight is 491 g/mol. The molecular formula is C32H30N2O3. The Morgan fingerprint density at radius 1 is 0.919 bits per heavy atom. The van der Waals surface area contributed by atoms with E-state index in [-0.39, 0.29) is 5.97 Å². The summed E-state index contributed by atoms with van der Waals surface area (Å²) in [4.78, 5) is 17.1. The maximum Gasteiger partial charge on any atom is 0.337 e. The van der Waals surface area contributed by atoms with Crippen LogP contribution in [0.25, 0.3) is 33.2 Å². The SMILES string of the molecule is COC(=O)c1ccc2c(c1)nc(-c1ccc(OCc3cccc4ccccc34)cc1)n2C1CCCCC1. The highest BCUT2D eigenvalue weighted by Gasteiger charge is 2.23. The molecule has 0 aliphatic heterocycles. The number of benzene rings is 4. The van der Waals surface area contributed by atoms with Crippen LogP contribution in [0, 0.1) is 0 Å². The van der Waals surface area contributed by atoms with E-state index < -0.39 is 0 Å². The lowest BCUT2D eigenvalue weighted by Gasteiger charge is -2.25. The molecule has 1 aromatic heterocycles. The van der Waals surface area contributed by atoms with Gasteiger partial charge in [-0.25, -0.2) is 9.78 Å². The van der Waals surface area contributed by atoms with Crippen molar-refractivity contribution < 1.29 is 14.3 Å². The molecule has 0 radical (unpaired) electrons. The lowest BCUT2D eigenvalue weighted by Crippen LogP contribution is -2.14. The van der Waals surface area contributed by atoms with E-state index in [1.165, 1.54) is 42.7 Å². The number of hydrogen-bond acceptors (Lipinski definition) is 4. The maximum atomic E-state index is 12.1. The lowest BCUT2D eigenvalue weighted by atomic mass is 9.95. The zero-order chi connectivity index (χ0) is 25.2. The van der Waals surface area contributed by atoms with Crippen molar-refractivity contribution in [3.8, 4) is 17.1 Å². The van der Waals surface area contributed by atoms with Crippen LogP contribution in [0.5, 0.6) is 5.75 Å². The Morgan fingerprint density at radius 3 is 2.51 bits per heavy atom. The summed E-state index contributed by atoms with van der Waals surface area (Å²) >= 11 is 0. The van der Waals surface area contributed by atoms with Gasteiger partial charge < -0.3 is 14.0 Å². The Kier molecular flexibility index (Phi) is 6.35.